The molecule has 0 bridgehead atoms. The molecule has 1 aromatic heterocycles. The minimum Gasteiger partial charge on any atom is -0.480 e. The molecule has 1 heterocycles. The van der Waals surface area contributed by atoms with E-state index in [1.165, 1.54) is 11.8 Å². The van der Waals surface area contributed by atoms with Gasteiger partial charge in [-0.2, -0.15) is 0 Å². The predicted molar refractivity (Wildman–Crippen MR) is 137 cm³/mol. The number of carboxylic acid groups (broad SMARTS) is 1. The highest BCUT2D eigenvalue weighted by molar-refractivity contribution is 8.14. The SMILES string of the molecule is CCS/C(=N\C(C(=O)O)C(C)C)c1cc(-c2ccc(NC(=O)Nc3ccc(C)cc3)cc2)no1. The van der Waals surface area contributed by atoms with Gasteiger partial charge < -0.3 is 20.3 Å². The van der Waals surface area contributed by atoms with E-state index in [0.717, 1.165) is 11.1 Å². The summed E-state index contributed by atoms with van der Waals surface area (Å²) in [5.41, 5.74) is 3.83. The summed E-state index contributed by atoms with van der Waals surface area (Å²) in [6.07, 6.45) is 0. The van der Waals surface area contributed by atoms with Crippen molar-refractivity contribution in [3.05, 3.63) is 65.9 Å². The number of hydrogen-bond acceptors (Lipinski definition) is 6. The van der Waals surface area contributed by atoms with Gasteiger partial charge in [0, 0.05) is 23.0 Å². The first kappa shape index (κ1) is 25.0. The zero-order valence-electron chi connectivity index (χ0n) is 19.5. The maximum absolute atomic E-state index is 12.2. The average molecular weight is 481 g/mol. The van der Waals surface area contributed by atoms with Gasteiger partial charge in [0.05, 0.1) is 0 Å². The van der Waals surface area contributed by atoms with Gasteiger partial charge in [-0.3, -0.25) is 4.99 Å². The van der Waals surface area contributed by atoms with E-state index in [4.69, 9.17) is 4.52 Å². The van der Waals surface area contributed by atoms with Crippen LogP contribution in [0, 0.1) is 12.8 Å². The molecule has 9 heteroatoms. The molecule has 1 atom stereocenters. The Morgan fingerprint density at radius 3 is 2.18 bits per heavy atom. The van der Waals surface area contributed by atoms with Crippen LogP contribution in [0.4, 0.5) is 16.2 Å². The van der Waals surface area contributed by atoms with Crippen molar-refractivity contribution >= 4 is 40.2 Å². The van der Waals surface area contributed by atoms with Crippen LogP contribution in [-0.2, 0) is 4.79 Å². The number of benzene rings is 2. The van der Waals surface area contributed by atoms with E-state index in [9.17, 15) is 14.7 Å². The Morgan fingerprint density at radius 2 is 1.65 bits per heavy atom. The first-order valence-corrected chi connectivity index (χ1v) is 11.9. The number of aliphatic carboxylic acids is 1. The van der Waals surface area contributed by atoms with Crippen molar-refractivity contribution in [1.29, 1.82) is 0 Å². The third kappa shape index (κ3) is 6.71. The van der Waals surface area contributed by atoms with Gasteiger partial charge in [-0.05, 0) is 42.9 Å². The number of aryl methyl sites for hydroxylation is 1. The number of aromatic nitrogens is 1. The summed E-state index contributed by atoms with van der Waals surface area (Å²) in [6, 6.07) is 15.3. The van der Waals surface area contributed by atoms with Crippen LogP contribution < -0.4 is 10.6 Å². The number of aliphatic imine (C=N–C) groups is 1. The Hall–Kier alpha value is -3.59. The van der Waals surface area contributed by atoms with Gasteiger partial charge >= 0.3 is 12.0 Å². The fourth-order valence-corrected chi connectivity index (χ4v) is 3.79. The lowest BCUT2D eigenvalue weighted by atomic mass is 10.1. The van der Waals surface area contributed by atoms with Crippen LogP contribution in [-0.4, -0.2) is 39.1 Å². The fraction of sp³-hybridized carbons (Fsp3) is 0.280. The monoisotopic (exact) mass is 480 g/mol. The number of nitrogens with zero attached hydrogens (tertiary/aromatic N) is 2. The van der Waals surface area contributed by atoms with E-state index in [1.807, 2.05) is 64.1 Å². The molecule has 8 nitrogen and oxygen atoms in total. The van der Waals surface area contributed by atoms with E-state index in [0.29, 0.717) is 33.6 Å². The average Bonchev–Trinajstić information content (AvgIpc) is 3.28. The summed E-state index contributed by atoms with van der Waals surface area (Å²) in [7, 11) is 0. The number of carboxylic acids is 1. The number of amides is 2. The standard InChI is InChI=1S/C25H28N4O4S/c1-5-34-23(28-22(15(2)3)24(30)31)21-14-20(29-33-21)17-8-12-19(13-9-17)27-25(32)26-18-10-6-16(4)7-11-18/h6-15,22H,5H2,1-4H3,(H,30,31)(H2,26,27,32)/b28-23-. The van der Waals surface area contributed by atoms with E-state index in [-0.39, 0.29) is 11.9 Å². The molecule has 34 heavy (non-hydrogen) atoms. The Balaban J connectivity index is 1.71. The molecule has 0 aliphatic carbocycles. The van der Waals surface area contributed by atoms with Crippen molar-refractivity contribution in [2.45, 2.75) is 33.7 Å². The second-order valence-electron chi connectivity index (χ2n) is 7.99. The number of thioether (sulfide) groups is 1. The highest BCUT2D eigenvalue weighted by atomic mass is 32.2. The lowest BCUT2D eigenvalue weighted by molar-refractivity contribution is -0.139. The molecule has 178 valence electrons. The quantitative estimate of drug-likeness (QED) is 0.273. The summed E-state index contributed by atoms with van der Waals surface area (Å²) < 4.78 is 5.49. The number of rotatable bonds is 8. The van der Waals surface area contributed by atoms with Gasteiger partial charge in [0.1, 0.15) is 10.7 Å². The van der Waals surface area contributed by atoms with Crippen LogP contribution in [0.1, 0.15) is 32.1 Å². The highest BCUT2D eigenvalue weighted by Gasteiger charge is 2.23. The third-order valence-corrected chi connectivity index (χ3v) is 5.76. The van der Waals surface area contributed by atoms with E-state index in [2.05, 4.69) is 20.8 Å². The summed E-state index contributed by atoms with van der Waals surface area (Å²) in [5.74, 6) is 0.00658. The molecule has 0 aliphatic heterocycles. The molecule has 0 radical (unpaired) electrons. The normalized spacial score (nSPS) is 12.4. The summed E-state index contributed by atoms with van der Waals surface area (Å²) in [4.78, 5) is 28.2. The van der Waals surface area contributed by atoms with E-state index < -0.39 is 12.0 Å². The van der Waals surface area contributed by atoms with Gasteiger partial charge in [-0.15, -0.1) is 11.8 Å². The van der Waals surface area contributed by atoms with Gasteiger partial charge in [0.2, 0.25) is 0 Å². The molecule has 1 unspecified atom stereocenters. The molecular weight excluding hydrogens is 452 g/mol. The maximum Gasteiger partial charge on any atom is 0.328 e. The molecule has 3 rings (SSSR count). The first-order chi connectivity index (χ1) is 16.3. The smallest absolute Gasteiger partial charge is 0.328 e. The highest BCUT2D eigenvalue weighted by Crippen LogP contribution is 2.25. The van der Waals surface area contributed by atoms with Crippen LogP contribution in [0.5, 0.6) is 0 Å². The summed E-state index contributed by atoms with van der Waals surface area (Å²) in [5, 5.41) is 19.7. The molecule has 0 spiro atoms. The number of nitrogens with one attached hydrogen (secondary N) is 2. The number of carbonyl (C=O) groups excluding carboxylic acids is 1. The number of anilines is 2. The fourth-order valence-electron chi connectivity index (χ4n) is 3.09. The molecule has 0 saturated heterocycles. The van der Waals surface area contributed by atoms with Gasteiger partial charge in [0.15, 0.2) is 11.8 Å². The van der Waals surface area contributed by atoms with E-state index in [1.54, 1.807) is 18.2 Å². The molecule has 0 aliphatic rings. The van der Waals surface area contributed by atoms with Crippen molar-refractivity contribution < 1.29 is 19.2 Å². The second-order valence-corrected chi connectivity index (χ2v) is 9.25. The lowest BCUT2D eigenvalue weighted by Crippen LogP contribution is -2.25. The van der Waals surface area contributed by atoms with Gasteiger partial charge in [-0.1, -0.05) is 55.8 Å². The molecule has 3 aromatic rings. The largest absolute Gasteiger partial charge is 0.480 e. The molecular formula is C25H28N4O4S. The molecule has 2 amide bonds. The zero-order chi connectivity index (χ0) is 24.7. The number of urea groups is 1. The third-order valence-electron chi connectivity index (χ3n) is 4.89. The van der Waals surface area contributed by atoms with Crippen molar-refractivity contribution in [1.82, 2.24) is 5.16 Å². The Labute approximate surface area is 202 Å². The van der Waals surface area contributed by atoms with E-state index >= 15 is 0 Å². The van der Waals surface area contributed by atoms with Crippen molar-refractivity contribution in [3.63, 3.8) is 0 Å². The molecule has 0 saturated carbocycles. The van der Waals surface area contributed by atoms with Crippen LogP contribution >= 0.6 is 11.8 Å². The van der Waals surface area contributed by atoms with Crippen LogP contribution in [0.3, 0.4) is 0 Å². The van der Waals surface area contributed by atoms with Gasteiger partial charge in [0.25, 0.3) is 0 Å². The number of carbonyl (C=O) groups is 2. The number of hydrogen-bond donors (Lipinski definition) is 3. The Morgan fingerprint density at radius 1 is 1.06 bits per heavy atom. The Kier molecular flexibility index (Phi) is 8.48. The minimum absolute atomic E-state index is 0.157. The predicted octanol–water partition coefficient (Wildman–Crippen LogP) is 5.90. The lowest BCUT2D eigenvalue weighted by Gasteiger charge is -2.12. The van der Waals surface area contributed by atoms with Gasteiger partial charge in [-0.25, -0.2) is 9.59 Å². The van der Waals surface area contributed by atoms with Crippen molar-refractivity contribution in [2.24, 2.45) is 10.9 Å². The topological polar surface area (TPSA) is 117 Å². The Bertz CT molecular complexity index is 1150. The van der Waals surface area contributed by atoms with Crippen LogP contribution in [0.15, 0.2) is 64.1 Å². The molecule has 3 N–H and O–H groups in total. The summed E-state index contributed by atoms with van der Waals surface area (Å²) >= 11 is 1.41. The first-order valence-electron chi connectivity index (χ1n) is 10.9. The molecule has 0 fully saturated rings. The second kappa shape index (κ2) is 11.5. The zero-order valence-corrected chi connectivity index (χ0v) is 20.3. The molecule has 2 aromatic carbocycles. The van der Waals surface area contributed by atoms with Crippen LogP contribution in [0.25, 0.3) is 11.3 Å². The van der Waals surface area contributed by atoms with Crippen LogP contribution in [0.2, 0.25) is 0 Å². The minimum atomic E-state index is -0.974. The maximum atomic E-state index is 12.2. The summed E-state index contributed by atoms with van der Waals surface area (Å²) in [6.45, 7) is 7.58. The van der Waals surface area contributed by atoms with Crippen molar-refractivity contribution in [2.75, 3.05) is 16.4 Å². The van der Waals surface area contributed by atoms with Crippen molar-refractivity contribution in [3.8, 4) is 11.3 Å².